The van der Waals surface area contributed by atoms with Gasteiger partial charge in [-0.05, 0) is 38.2 Å². The maximum Gasteiger partial charge on any atom is 0.220 e. The standard InChI is InChI=1S/C17H19N5O/c1-9-20-14-8-19-17-12(4-5-18-17)16(14)22(9)11-3-2-10-6-15(23)21-13(10)7-11/h4-5,8,10-11,13H,2-3,6-7H2,1H3,(H,18,19)(H,21,23). The molecule has 0 aromatic carbocycles. The van der Waals surface area contributed by atoms with Crippen molar-refractivity contribution in [2.24, 2.45) is 5.92 Å². The van der Waals surface area contributed by atoms with Crippen LogP contribution in [0.25, 0.3) is 22.1 Å². The normalized spacial score (nSPS) is 27.5. The van der Waals surface area contributed by atoms with Crippen molar-refractivity contribution < 1.29 is 4.79 Å². The molecular weight excluding hydrogens is 290 g/mol. The number of pyridine rings is 1. The molecular formula is C17H19N5O. The summed E-state index contributed by atoms with van der Waals surface area (Å²) in [5, 5.41) is 4.28. The average molecular weight is 309 g/mol. The molecule has 6 nitrogen and oxygen atoms in total. The predicted octanol–water partition coefficient (Wildman–Crippen LogP) is 2.45. The minimum Gasteiger partial charge on any atom is -0.353 e. The van der Waals surface area contributed by atoms with Crippen molar-refractivity contribution in [2.75, 3.05) is 0 Å². The van der Waals surface area contributed by atoms with E-state index in [0.717, 1.165) is 41.6 Å². The summed E-state index contributed by atoms with van der Waals surface area (Å²) in [5.41, 5.74) is 3.02. The molecule has 1 saturated carbocycles. The number of hydrogen-bond donors (Lipinski definition) is 2. The maximum absolute atomic E-state index is 11.7. The molecule has 2 aliphatic rings. The highest BCUT2D eigenvalue weighted by molar-refractivity contribution is 6.01. The molecule has 2 N–H and O–H groups in total. The summed E-state index contributed by atoms with van der Waals surface area (Å²) in [4.78, 5) is 24.0. The van der Waals surface area contributed by atoms with Crippen LogP contribution in [0.1, 0.15) is 37.5 Å². The number of carbonyl (C=O) groups excluding carboxylic acids is 1. The third-order valence-corrected chi connectivity index (χ3v) is 5.54. The topological polar surface area (TPSA) is 75.6 Å². The highest BCUT2D eigenvalue weighted by atomic mass is 16.2. The van der Waals surface area contributed by atoms with Crippen LogP contribution >= 0.6 is 0 Å². The van der Waals surface area contributed by atoms with Crippen LogP contribution in [-0.2, 0) is 4.79 Å². The van der Waals surface area contributed by atoms with Crippen LogP contribution in [-0.4, -0.2) is 31.5 Å². The number of amides is 1. The lowest BCUT2D eigenvalue weighted by Gasteiger charge is -2.32. The molecule has 118 valence electrons. The molecule has 3 atom stereocenters. The second-order valence-electron chi connectivity index (χ2n) is 6.87. The summed E-state index contributed by atoms with van der Waals surface area (Å²) in [6, 6.07) is 2.78. The Morgan fingerprint density at radius 2 is 2.26 bits per heavy atom. The maximum atomic E-state index is 11.7. The zero-order valence-electron chi connectivity index (χ0n) is 13.0. The smallest absolute Gasteiger partial charge is 0.220 e. The number of imidazole rings is 1. The number of aromatic nitrogens is 4. The SMILES string of the molecule is Cc1nc2cnc3[nH]ccc3c2n1C1CCC2CC(=O)NC2C1. The molecule has 1 aliphatic carbocycles. The van der Waals surface area contributed by atoms with Gasteiger partial charge in [-0.3, -0.25) is 4.79 Å². The summed E-state index contributed by atoms with van der Waals surface area (Å²) >= 11 is 0. The van der Waals surface area contributed by atoms with Crippen LogP contribution in [0.15, 0.2) is 18.5 Å². The van der Waals surface area contributed by atoms with E-state index in [4.69, 9.17) is 4.98 Å². The highest BCUT2D eigenvalue weighted by Crippen LogP contribution is 2.39. The second kappa shape index (κ2) is 4.57. The molecule has 4 heterocycles. The van der Waals surface area contributed by atoms with E-state index in [1.165, 1.54) is 5.52 Å². The predicted molar refractivity (Wildman–Crippen MR) is 87.0 cm³/mol. The summed E-state index contributed by atoms with van der Waals surface area (Å²) in [6.45, 7) is 2.07. The van der Waals surface area contributed by atoms with Gasteiger partial charge in [0.15, 0.2) is 0 Å². The van der Waals surface area contributed by atoms with Gasteiger partial charge in [-0.15, -0.1) is 0 Å². The number of aromatic amines is 1. The Balaban J connectivity index is 1.63. The highest BCUT2D eigenvalue weighted by Gasteiger charge is 2.38. The number of aryl methyl sites for hydroxylation is 1. The molecule has 0 radical (unpaired) electrons. The quantitative estimate of drug-likeness (QED) is 0.725. The third-order valence-electron chi connectivity index (χ3n) is 5.54. The van der Waals surface area contributed by atoms with Crippen LogP contribution in [0.5, 0.6) is 0 Å². The fraction of sp³-hybridized carbons (Fsp3) is 0.471. The lowest BCUT2D eigenvalue weighted by Crippen LogP contribution is -2.35. The van der Waals surface area contributed by atoms with Gasteiger partial charge in [0, 0.05) is 30.1 Å². The molecule has 2 fully saturated rings. The molecule has 0 bridgehead atoms. The van der Waals surface area contributed by atoms with E-state index in [0.29, 0.717) is 24.4 Å². The van der Waals surface area contributed by atoms with E-state index in [-0.39, 0.29) is 5.91 Å². The number of fused-ring (bicyclic) bond motifs is 4. The summed E-state index contributed by atoms with van der Waals surface area (Å²) < 4.78 is 2.37. The first-order chi connectivity index (χ1) is 11.2. The Labute approximate surface area is 133 Å². The van der Waals surface area contributed by atoms with E-state index in [2.05, 4.69) is 32.8 Å². The van der Waals surface area contributed by atoms with Crippen LogP contribution in [0.2, 0.25) is 0 Å². The molecule has 6 heteroatoms. The van der Waals surface area contributed by atoms with E-state index in [9.17, 15) is 4.79 Å². The Morgan fingerprint density at radius 3 is 3.17 bits per heavy atom. The van der Waals surface area contributed by atoms with Gasteiger partial charge in [-0.1, -0.05) is 0 Å². The van der Waals surface area contributed by atoms with Gasteiger partial charge in [0.2, 0.25) is 5.91 Å². The first-order valence-electron chi connectivity index (χ1n) is 8.30. The zero-order chi connectivity index (χ0) is 15.6. The monoisotopic (exact) mass is 309 g/mol. The number of nitrogens with zero attached hydrogens (tertiary/aromatic N) is 3. The minimum absolute atomic E-state index is 0.213. The molecule has 1 saturated heterocycles. The number of rotatable bonds is 1. The third kappa shape index (κ3) is 1.84. The molecule has 3 aromatic rings. The summed E-state index contributed by atoms with van der Waals surface area (Å²) in [5.74, 6) is 1.76. The van der Waals surface area contributed by atoms with E-state index >= 15 is 0 Å². The zero-order valence-corrected chi connectivity index (χ0v) is 13.0. The molecule has 1 aliphatic heterocycles. The Morgan fingerprint density at radius 1 is 1.35 bits per heavy atom. The summed E-state index contributed by atoms with van der Waals surface area (Å²) in [7, 11) is 0. The number of carbonyl (C=O) groups is 1. The van der Waals surface area contributed by atoms with E-state index in [1.807, 2.05) is 12.4 Å². The van der Waals surface area contributed by atoms with Gasteiger partial charge in [0.1, 0.15) is 17.0 Å². The minimum atomic E-state index is 0.213. The van der Waals surface area contributed by atoms with Crippen molar-refractivity contribution in [1.82, 2.24) is 24.8 Å². The fourth-order valence-electron chi connectivity index (χ4n) is 4.53. The van der Waals surface area contributed by atoms with Gasteiger partial charge < -0.3 is 14.9 Å². The Hall–Kier alpha value is -2.37. The van der Waals surface area contributed by atoms with Crippen LogP contribution in [0.4, 0.5) is 0 Å². The van der Waals surface area contributed by atoms with Gasteiger partial charge in [0.05, 0.1) is 11.7 Å². The molecule has 1 amide bonds. The van der Waals surface area contributed by atoms with Crippen molar-refractivity contribution in [2.45, 2.75) is 44.7 Å². The van der Waals surface area contributed by atoms with Crippen molar-refractivity contribution in [3.05, 3.63) is 24.3 Å². The molecule has 3 unspecified atom stereocenters. The largest absolute Gasteiger partial charge is 0.353 e. The van der Waals surface area contributed by atoms with Crippen LogP contribution < -0.4 is 5.32 Å². The Kier molecular flexibility index (Phi) is 2.60. The molecule has 3 aromatic heterocycles. The Bertz CT molecular complexity index is 924. The molecule has 5 rings (SSSR count). The van der Waals surface area contributed by atoms with Crippen molar-refractivity contribution >= 4 is 28.0 Å². The lowest BCUT2D eigenvalue weighted by atomic mass is 9.82. The average Bonchev–Trinajstić information content (AvgIpc) is 3.20. The van der Waals surface area contributed by atoms with E-state index in [1.54, 1.807) is 0 Å². The van der Waals surface area contributed by atoms with Crippen molar-refractivity contribution in [3.8, 4) is 0 Å². The number of hydrogen-bond acceptors (Lipinski definition) is 3. The summed E-state index contributed by atoms with van der Waals surface area (Å²) in [6.07, 6.45) is 7.69. The lowest BCUT2D eigenvalue weighted by molar-refractivity contribution is -0.119. The van der Waals surface area contributed by atoms with Crippen LogP contribution in [0.3, 0.4) is 0 Å². The first-order valence-corrected chi connectivity index (χ1v) is 8.30. The number of nitrogens with one attached hydrogen (secondary N) is 2. The van der Waals surface area contributed by atoms with Gasteiger partial charge in [-0.25, -0.2) is 9.97 Å². The first kappa shape index (κ1) is 13.1. The fourth-order valence-corrected chi connectivity index (χ4v) is 4.53. The van der Waals surface area contributed by atoms with Gasteiger partial charge in [-0.2, -0.15) is 0 Å². The van der Waals surface area contributed by atoms with Crippen LogP contribution in [0, 0.1) is 12.8 Å². The van der Waals surface area contributed by atoms with Gasteiger partial charge in [0.25, 0.3) is 0 Å². The number of H-pyrrole nitrogens is 1. The molecule has 23 heavy (non-hydrogen) atoms. The van der Waals surface area contributed by atoms with Gasteiger partial charge >= 0.3 is 0 Å². The van der Waals surface area contributed by atoms with Crippen molar-refractivity contribution in [1.29, 1.82) is 0 Å². The molecule has 0 spiro atoms. The second-order valence-corrected chi connectivity index (χ2v) is 6.87. The van der Waals surface area contributed by atoms with Crippen molar-refractivity contribution in [3.63, 3.8) is 0 Å². The van der Waals surface area contributed by atoms with E-state index < -0.39 is 0 Å².